The normalized spacial score (nSPS) is 23.4. The van der Waals surface area contributed by atoms with Gasteiger partial charge in [0.25, 0.3) is 0 Å². The number of esters is 4. The van der Waals surface area contributed by atoms with Gasteiger partial charge in [-0.2, -0.15) is 0 Å². The van der Waals surface area contributed by atoms with Gasteiger partial charge < -0.3 is 56.0 Å². The van der Waals surface area contributed by atoms with Crippen LogP contribution in [0.4, 0.5) is 34.1 Å². The van der Waals surface area contributed by atoms with Gasteiger partial charge in [-0.1, -0.05) is 109 Å². The molecule has 0 heterocycles. The second kappa shape index (κ2) is 40.5. The molecule has 22 heteroatoms. The van der Waals surface area contributed by atoms with E-state index >= 15 is 0 Å². The van der Waals surface area contributed by atoms with Gasteiger partial charge in [0.1, 0.15) is 24.4 Å². The van der Waals surface area contributed by atoms with Gasteiger partial charge in [0.05, 0.1) is 25.7 Å². The number of carbonyl (C=O) groups is 11. The summed E-state index contributed by atoms with van der Waals surface area (Å²) in [7, 11) is 0. The maximum absolute atomic E-state index is 13.8. The molecule has 6 amide bonds. The summed E-state index contributed by atoms with van der Waals surface area (Å²) < 4.78 is 23.8. The third kappa shape index (κ3) is 28.5. The average molecular weight is 1450 g/mol. The van der Waals surface area contributed by atoms with Crippen LogP contribution in [-0.4, -0.2) is 94.8 Å². The van der Waals surface area contributed by atoms with E-state index in [-0.39, 0.29) is 139 Å². The van der Waals surface area contributed by atoms with Crippen molar-refractivity contribution in [3.05, 3.63) is 89.5 Å². The van der Waals surface area contributed by atoms with Crippen molar-refractivity contribution in [1.82, 2.24) is 0 Å². The fourth-order valence-corrected chi connectivity index (χ4v) is 15.2. The first kappa shape index (κ1) is 83.3. The van der Waals surface area contributed by atoms with Gasteiger partial charge in [-0.15, -0.1) is 0 Å². The Hall–Kier alpha value is -8.95. The highest BCUT2D eigenvalue weighted by Crippen LogP contribution is 2.40. The first-order valence-electron chi connectivity index (χ1n) is 38.1. The summed E-state index contributed by atoms with van der Waals surface area (Å²) in [6.07, 6.45) is 16.0. The Morgan fingerprint density at radius 3 is 0.771 bits per heavy atom. The van der Waals surface area contributed by atoms with Crippen molar-refractivity contribution in [2.75, 3.05) is 31.9 Å². The van der Waals surface area contributed by atoms with Crippen molar-refractivity contribution in [2.45, 2.75) is 236 Å². The van der Waals surface area contributed by atoms with Crippen LogP contribution in [0.5, 0.6) is 0 Å². The number of carboxylic acid groups (broad SMARTS) is 1. The van der Waals surface area contributed by atoms with Crippen molar-refractivity contribution in [1.29, 1.82) is 0 Å². The first-order chi connectivity index (χ1) is 49.8. The third-order valence-electron chi connectivity index (χ3n) is 21.0. The van der Waals surface area contributed by atoms with E-state index < -0.39 is 65.3 Å². The van der Waals surface area contributed by atoms with Crippen LogP contribution in [0.25, 0.3) is 18.2 Å². The molecule has 4 aliphatic rings. The van der Waals surface area contributed by atoms with E-state index in [1.807, 2.05) is 0 Å². The fourth-order valence-electron chi connectivity index (χ4n) is 15.2. The lowest BCUT2D eigenvalue weighted by atomic mass is 9.75. The molecule has 572 valence electrons. The highest BCUT2D eigenvalue weighted by atomic mass is 16.6. The van der Waals surface area contributed by atoms with E-state index in [9.17, 15) is 57.8 Å². The van der Waals surface area contributed by atoms with Gasteiger partial charge in [-0.25, -0.2) is 4.79 Å². The molecular weight excluding hydrogens is 1340 g/mol. The van der Waals surface area contributed by atoms with Gasteiger partial charge >= 0.3 is 29.8 Å². The van der Waals surface area contributed by atoms with E-state index in [0.29, 0.717) is 58.5 Å². The van der Waals surface area contributed by atoms with E-state index in [4.69, 9.17) is 18.9 Å². The number of rotatable bonds is 32. The van der Waals surface area contributed by atoms with Crippen LogP contribution in [0.15, 0.2) is 72.8 Å². The Morgan fingerprint density at radius 2 is 0.552 bits per heavy atom. The minimum Gasteiger partial charge on any atom is -0.478 e. The molecular formula is C83H114N6O16. The minimum absolute atomic E-state index is 0.134. The van der Waals surface area contributed by atoms with Crippen LogP contribution in [0, 0.1) is 71.0 Å². The van der Waals surface area contributed by atoms with Gasteiger partial charge in [-0.05, 0) is 212 Å². The molecule has 7 rings (SSSR count). The standard InChI is InChI=1S/C83H114N6O16/c1-48(2)65-20-13-52(9)35-69(65)102-80(98)31-26-75(92)86-59-39-56(40-60(45-59)87-76(93)27-32-81(99)103-70-36-53(10)14-21-66(70)49(3)4)17-24-73(90)84-63-43-58(19-30-79(96)97)44-64(47-63)85-74(91)25-18-57-41-61(88-77(94)28-33-82(100)104-71-37-54(11)15-22-67(71)50(5)6)46-62(42-57)89-78(95)29-34-83(101)105-72-38-55(12)16-23-68(72)51(7)8/h17-19,24-25,30,39-55,65-72H,13-16,20-23,26-29,31-38H2,1-12H3,(H,84,90)(H,85,91)(H,86,92)(H,87,93)(H,88,94)(H,89,95)(H,96,97)/b24-17+,25-18+,30-19+/t52-,53-,54-,55-,65+,66+,67+,68+,69-,70-,71-,72-/m1/s1. The Balaban J connectivity index is 1.05. The molecule has 22 nitrogen and oxygen atoms in total. The number of amides is 6. The van der Waals surface area contributed by atoms with E-state index in [2.05, 4.69) is 115 Å². The molecule has 0 saturated heterocycles. The molecule has 0 radical (unpaired) electrons. The van der Waals surface area contributed by atoms with Gasteiger partial charge in [-0.3, -0.25) is 47.9 Å². The summed E-state index contributed by atoms with van der Waals surface area (Å²) in [6, 6.07) is 13.6. The molecule has 7 N–H and O–H groups in total. The highest BCUT2D eigenvalue weighted by Gasteiger charge is 2.37. The molecule has 3 aromatic rings. The topological polar surface area (TPSA) is 317 Å². The number of hydrogen-bond acceptors (Lipinski definition) is 15. The van der Waals surface area contributed by atoms with Crippen molar-refractivity contribution in [2.24, 2.45) is 71.0 Å². The summed E-state index contributed by atoms with van der Waals surface area (Å²) in [5.41, 5.74) is 2.12. The third-order valence-corrected chi connectivity index (χ3v) is 21.0. The summed E-state index contributed by atoms with van der Waals surface area (Å²) in [4.78, 5) is 146. The van der Waals surface area contributed by atoms with Gasteiger partial charge in [0.2, 0.25) is 35.4 Å². The van der Waals surface area contributed by atoms with Crippen LogP contribution < -0.4 is 31.9 Å². The number of hydrogen-bond donors (Lipinski definition) is 7. The average Bonchev–Trinajstić information content (AvgIpc) is 0.879. The molecule has 0 aromatic heterocycles. The van der Waals surface area contributed by atoms with Crippen LogP contribution in [0.2, 0.25) is 0 Å². The Labute approximate surface area is 619 Å². The van der Waals surface area contributed by atoms with Gasteiger partial charge in [0.15, 0.2) is 0 Å². The number of aliphatic carboxylic acids is 1. The number of benzene rings is 3. The van der Waals surface area contributed by atoms with Crippen LogP contribution in [0.1, 0.15) is 228 Å². The zero-order valence-electron chi connectivity index (χ0n) is 63.6. The maximum Gasteiger partial charge on any atom is 0.328 e. The number of ether oxygens (including phenoxy) is 4. The molecule has 0 unspecified atom stereocenters. The zero-order chi connectivity index (χ0) is 76.6. The number of carboxylic acids is 1. The molecule has 4 aliphatic carbocycles. The predicted octanol–water partition coefficient (Wildman–Crippen LogP) is 16.0. The monoisotopic (exact) mass is 1450 g/mol. The SMILES string of the molecule is CC(C)[C@@H]1CC[C@@H](C)C[C@H]1OC(=O)CCC(=O)Nc1cc(/C=C/C(=O)Nc2cc(/C=C/C(=O)O)cc(NC(=O)/C=C/c3cc(NC(=O)CCC(=O)O[C@@H]4C[C@H](C)CC[C@H]4C(C)C)cc(NC(=O)CCC(=O)O[C@@H]4C[C@H](C)CC[C@H]4C(C)C)c3)c2)cc(NC(=O)CCC(=O)O[C@@H]2C[C@H](C)CC[C@H]2C(C)C)c1. The van der Waals surface area contributed by atoms with E-state index in [1.165, 1.54) is 60.7 Å². The smallest absolute Gasteiger partial charge is 0.328 e. The predicted molar refractivity (Wildman–Crippen MR) is 408 cm³/mol. The van der Waals surface area contributed by atoms with Crippen molar-refractivity contribution >= 4 is 118 Å². The number of anilines is 6. The summed E-state index contributed by atoms with van der Waals surface area (Å²) in [5, 5.41) is 26.3. The second-order valence-corrected chi connectivity index (χ2v) is 31.5. The van der Waals surface area contributed by atoms with Crippen molar-refractivity contribution < 1.29 is 76.8 Å². The summed E-state index contributed by atoms with van der Waals surface area (Å²) in [6.45, 7) is 25.5. The Morgan fingerprint density at radius 1 is 0.333 bits per heavy atom. The molecule has 0 spiro atoms. The molecule has 4 fully saturated rings. The fraction of sp³-hybridized carbons (Fsp3) is 0.578. The van der Waals surface area contributed by atoms with Gasteiger partial charge in [0, 0.05) is 78.0 Å². The minimum atomic E-state index is -1.26. The number of nitrogens with one attached hydrogen (secondary N) is 6. The number of carbonyl (C=O) groups excluding carboxylic acids is 10. The van der Waals surface area contributed by atoms with Crippen molar-refractivity contribution in [3.8, 4) is 0 Å². The summed E-state index contributed by atoms with van der Waals surface area (Å²) >= 11 is 0. The lowest BCUT2D eigenvalue weighted by Gasteiger charge is -2.36. The molecule has 4 saturated carbocycles. The molecule has 3 aromatic carbocycles. The molecule has 12 atom stereocenters. The lowest BCUT2D eigenvalue weighted by molar-refractivity contribution is -0.157. The maximum atomic E-state index is 13.8. The largest absolute Gasteiger partial charge is 0.478 e. The molecule has 0 aliphatic heterocycles. The van der Waals surface area contributed by atoms with Crippen LogP contribution >= 0.6 is 0 Å². The highest BCUT2D eigenvalue weighted by molar-refractivity contribution is 6.06. The van der Waals surface area contributed by atoms with E-state index in [1.54, 1.807) is 24.3 Å². The Bertz CT molecular complexity index is 3270. The summed E-state index contributed by atoms with van der Waals surface area (Å²) in [5.74, 6) is -2.76. The lowest BCUT2D eigenvalue weighted by Crippen LogP contribution is -2.36. The van der Waals surface area contributed by atoms with Crippen molar-refractivity contribution in [3.63, 3.8) is 0 Å². The molecule has 0 bridgehead atoms. The molecule has 105 heavy (non-hydrogen) atoms. The Kier molecular flexibility index (Phi) is 32.2. The zero-order valence-corrected chi connectivity index (χ0v) is 63.6. The first-order valence-corrected chi connectivity index (χ1v) is 38.1. The van der Waals surface area contributed by atoms with Crippen LogP contribution in [0.3, 0.4) is 0 Å². The van der Waals surface area contributed by atoms with Crippen LogP contribution in [-0.2, 0) is 71.7 Å². The van der Waals surface area contributed by atoms with E-state index in [0.717, 1.165) is 83.1 Å². The quantitative estimate of drug-likeness (QED) is 0.0173. The second-order valence-electron chi connectivity index (χ2n) is 31.5.